The quantitative estimate of drug-likeness (QED) is 0.433. The van der Waals surface area contributed by atoms with Crippen LogP contribution < -0.4 is 10.3 Å². The Morgan fingerprint density at radius 1 is 1.06 bits per heavy atom. The molecule has 2 aromatic carbocycles. The Morgan fingerprint density at radius 3 is 2.66 bits per heavy atom. The van der Waals surface area contributed by atoms with E-state index in [0.717, 1.165) is 16.3 Å². The molecular weight excluding hydrogens is 430 g/mol. The molecule has 0 fully saturated rings. The van der Waals surface area contributed by atoms with Crippen LogP contribution in [-0.4, -0.2) is 30.3 Å². The van der Waals surface area contributed by atoms with Crippen molar-refractivity contribution in [3.8, 4) is 0 Å². The maximum absolute atomic E-state index is 12.5. The van der Waals surface area contributed by atoms with Crippen LogP contribution in [0.2, 0.25) is 0 Å². The number of pyridine rings is 1. The second-order valence-corrected chi connectivity index (χ2v) is 9.05. The monoisotopic (exact) mass is 451 g/mol. The van der Waals surface area contributed by atoms with Crippen LogP contribution in [0.5, 0.6) is 0 Å². The van der Waals surface area contributed by atoms with Crippen molar-refractivity contribution in [2.24, 2.45) is 0 Å². The van der Waals surface area contributed by atoms with E-state index in [9.17, 15) is 18.0 Å². The highest BCUT2D eigenvalue weighted by atomic mass is 32.2. The number of aromatic nitrogens is 2. The summed E-state index contributed by atoms with van der Waals surface area (Å²) in [6, 6.07) is 17.2. The predicted molar refractivity (Wildman–Crippen MR) is 120 cm³/mol. The number of hydrogen-bond acceptors (Lipinski definition) is 6. The van der Waals surface area contributed by atoms with Gasteiger partial charge in [-0.2, -0.15) is 0 Å². The zero-order valence-corrected chi connectivity index (χ0v) is 18.1. The summed E-state index contributed by atoms with van der Waals surface area (Å²) in [7, 11) is -3.76. The van der Waals surface area contributed by atoms with Gasteiger partial charge in [0.2, 0.25) is 10.0 Å². The van der Waals surface area contributed by atoms with E-state index in [-0.39, 0.29) is 30.0 Å². The first-order valence-corrected chi connectivity index (χ1v) is 11.4. The van der Waals surface area contributed by atoms with E-state index in [1.54, 1.807) is 24.4 Å². The van der Waals surface area contributed by atoms with Crippen molar-refractivity contribution < 1.29 is 17.9 Å². The van der Waals surface area contributed by atoms with Crippen LogP contribution in [0, 0.1) is 6.92 Å². The van der Waals surface area contributed by atoms with Crippen molar-refractivity contribution in [1.82, 2.24) is 14.1 Å². The summed E-state index contributed by atoms with van der Waals surface area (Å²) in [6.07, 6.45) is 1.47. The minimum atomic E-state index is -3.76. The van der Waals surface area contributed by atoms with Gasteiger partial charge in [-0.15, -0.1) is 0 Å². The number of rotatable bonds is 7. The van der Waals surface area contributed by atoms with Crippen molar-refractivity contribution in [3.05, 3.63) is 88.5 Å². The van der Waals surface area contributed by atoms with Crippen LogP contribution in [0.25, 0.3) is 16.4 Å². The normalized spacial score (nSPS) is 11.7. The molecule has 164 valence electrons. The lowest BCUT2D eigenvalue weighted by atomic mass is 10.1. The van der Waals surface area contributed by atoms with Crippen molar-refractivity contribution >= 4 is 32.4 Å². The molecule has 0 radical (unpaired) electrons. The highest BCUT2D eigenvalue weighted by molar-refractivity contribution is 7.89. The number of sulfonamides is 1. The van der Waals surface area contributed by atoms with Gasteiger partial charge in [-0.25, -0.2) is 18.1 Å². The van der Waals surface area contributed by atoms with Gasteiger partial charge < -0.3 is 4.74 Å². The van der Waals surface area contributed by atoms with E-state index >= 15 is 0 Å². The van der Waals surface area contributed by atoms with Gasteiger partial charge in [0.05, 0.1) is 17.0 Å². The maximum atomic E-state index is 12.5. The van der Waals surface area contributed by atoms with E-state index in [1.807, 2.05) is 37.3 Å². The fourth-order valence-electron chi connectivity index (χ4n) is 3.31. The Hall–Kier alpha value is -3.56. The zero-order valence-electron chi connectivity index (χ0n) is 17.3. The highest BCUT2D eigenvalue weighted by Crippen LogP contribution is 2.18. The van der Waals surface area contributed by atoms with E-state index in [0.29, 0.717) is 11.3 Å². The molecule has 0 bridgehead atoms. The first-order valence-electron chi connectivity index (χ1n) is 9.95. The fourth-order valence-corrected chi connectivity index (χ4v) is 4.38. The summed E-state index contributed by atoms with van der Waals surface area (Å²) in [5, 5.41) is 1.75. The molecule has 4 aromatic rings. The summed E-state index contributed by atoms with van der Waals surface area (Å²) in [5.41, 5.74) is 1.37. The Labute approximate surface area is 184 Å². The average molecular weight is 452 g/mol. The number of aryl methyl sites for hydroxylation is 1. The Morgan fingerprint density at radius 2 is 1.84 bits per heavy atom. The van der Waals surface area contributed by atoms with Gasteiger partial charge in [-0.3, -0.25) is 14.0 Å². The molecule has 0 spiro atoms. The molecule has 0 aliphatic rings. The zero-order chi connectivity index (χ0) is 22.7. The molecule has 0 aliphatic heterocycles. The molecule has 32 heavy (non-hydrogen) atoms. The number of benzene rings is 2. The summed E-state index contributed by atoms with van der Waals surface area (Å²) in [6.45, 7) is 1.55. The second-order valence-electron chi connectivity index (χ2n) is 7.29. The molecule has 2 aromatic heterocycles. The van der Waals surface area contributed by atoms with Gasteiger partial charge in [-0.1, -0.05) is 36.4 Å². The van der Waals surface area contributed by atoms with Crippen LogP contribution in [-0.2, 0) is 26.2 Å². The molecule has 0 saturated carbocycles. The minimum absolute atomic E-state index is 0.110. The summed E-state index contributed by atoms with van der Waals surface area (Å²) in [4.78, 5) is 28.8. The number of fused-ring (bicyclic) bond motifs is 2. The van der Waals surface area contributed by atoms with Crippen molar-refractivity contribution in [3.63, 3.8) is 0 Å². The van der Waals surface area contributed by atoms with Crippen molar-refractivity contribution in [1.29, 1.82) is 0 Å². The van der Waals surface area contributed by atoms with Gasteiger partial charge in [-0.05, 0) is 41.5 Å². The van der Waals surface area contributed by atoms with Crippen molar-refractivity contribution in [2.75, 3.05) is 6.54 Å². The molecule has 0 atom stereocenters. The SMILES string of the molecule is Cc1cccn2c(=O)cc(COC(=O)CCNS(=O)(=O)c3ccc4ccccc4c3)nc12. The third kappa shape index (κ3) is 4.68. The molecule has 1 N–H and O–H groups in total. The molecule has 0 saturated heterocycles. The molecule has 0 unspecified atom stereocenters. The number of ether oxygens (including phenoxy) is 1. The molecule has 4 rings (SSSR count). The highest BCUT2D eigenvalue weighted by Gasteiger charge is 2.15. The third-order valence-electron chi connectivity index (χ3n) is 4.97. The summed E-state index contributed by atoms with van der Waals surface area (Å²) in [5.74, 6) is -0.599. The summed E-state index contributed by atoms with van der Waals surface area (Å²) < 4.78 is 34.0. The number of esters is 1. The van der Waals surface area contributed by atoms with E-state index < -0.39 is 16.0 Å². The number of carbonyl (C=O) groups is 1. The van der Waals surface area contributed by atoms with Crippen LogP contribution in [0.15, 0.2) is 76.6 Å². The van der Waals surface area contributed by atoms with Gasteiger partial charge in [0.15, 0.2) is 0 Å². The third-order valence-corrected chi connectivity index (χ3v) is 6.43. The predicted octanol–water partition coefficient (Wildman–Crippen LogP) is 2.57. The number of nitrogens with one attached hydrogen (secondary N) is 1. The second kappa shape index (κ2) is 8.89. The number of carbonyl (C=O) groups excluding carboxylic acids is 1. The molecular formula is C23H21N3O5S. The van der Waals surface area contributed by atoms with E-state index in [2.05, 4.69) is 9.71 Å². The van der Waals surface area contributed by atoms with Crippen LogP contribution in [0.1, 0.15) is 17.7 Å². The lowest BCUT2D eigenvalue weighted by Crippen LogP contribution is -2.26. The first kappa shape index (κ1) is 21.7. The Balaban J connectivity index is 1.34. The van der Waals surface area contributed by atoms with Gasteiger partial charge in [0.1, 0.15) is 12.3 Å². The van der Waals surface area contributed by atoms with Crippen LogP contribution >= 0.6 is 0 Å². The average Bonchev–Trinajstić information content (AvgIpc) is 2.78. The molecule has 2 heterocycles. The minimum Gasteiger partial charge on any atom is -0.459 e. The topological polar surface area (TPSA) is 107 Å². The van der Waals surface area contributed by atoms with E-state index in [4.69, 9.17) is 4.74 Å². The lowest BCUT2D eigenvalue weighted by molar-refractivity contribution is -0.144. The number of hydrogen-bond donors (Lipinski definition) is 1. The maximum Gasteiger partial charge on any atom is 0.307 e. The largest absolute Gasteiger partial charge is 0.459 e. The number of nitrogens with zero attached hydrogens (tertiary/aromatic N) is 2. The summed E-state index contributed by atoms with van der Waals surface area (Å²) >= 11 is 0. The van der Waals surface area contributed by atoms with Gasteiger partial charge in [0, 0.05) is 18.8 Å². The molecule has 0 amide bonds. The lowest BCUT2D eigenvalue weighted by Gasteiger charge is -2.09. The molecule has 9 heteroatoms. The van der Waals surface area contributed by atoms with Gasteiger partial charge >= 0.3 is 5.97 Å². The van der Waals surface area contributed by atoms with E-state index in [1.165, 1.54) is 16.5 Å². The van der Waals surface area contributed by atoms with Crippen LogP contribution in [0.4, 0.5) is 0 Å². The molecule has 0 aliphatic carbocycles. The fraction of sp³-hybridized carbons (Fsp3) is 0.174. The Bertz CT molecular complexity index is 1480. The van der Waals surface area contributed by atoms with Crippen molar-refractivity contribution in [2.45, 2.75) is 24.8 Å². The Kier molecular flexibility index (Phi) is 6.02. The molecule has 8 nitrogen and oxygen atoms in total. The standard InChI is InChI=1S/C23H21N3O5S/c1-16-5-4-12-26-21(27)14-19(25-23(16)26)15-31-22(28)10-11-24-32(29,30)20-9-8-17-6-2-3-7-18(17)13-20/h2-9,12-14,24H,10-11,15H2,1H3. The van der Waals surface area contributed by atoms with Gasteiger partial charge in [0.25, 0.3) is 5.56 Å². The van der Waals surface area contributed by atoms with Crippen LogP contribution in [0.3, 0.4) is 0 Å². The first-order chi connectivity index (χ1) is 15.3. The smallest absolute Gasteiger partial charge is 0.307 e.